The van der Waals surface area contributed by atoms with Gasteiger partial charge in [-0.15, -0.1) is 5.10 Å². The fourth-order valence-electron chi connectivity index (χ4n) is 1.55. The fourth-order valence-corrected chi connectivity index (χ4v) is 1.74. The molecular weight excluding hydrogens is 226 g/mol. The summed E-state index contributed by atoms with van der Waals surface area (Å²) < 4.78 is 1.63. The van der Waals surface area contributed by atoms with Gasteiger partial charge in [-0.1, -0.05) is 29.8 Å². The Kier molecular flexibility index (Phi) is 3.01. The Morgan fingerprint density at radius 1 is 1.50 bits per heavy atom. The molecule has 2 aromatic rings. The van der Waals surface area contributed by atoms with Gasteiger partial charge in [0.15, 0.2) is 6.29 Å². The fraction of sp³-hybridized carbons (Fsp3) is 0.182. The predicted molar refractivity (Wildman–Crippen MR) is 61.1 cm³/mol. The topological polar surface area (TPSA) is 47.8 Å². The van der Waals surface area contributed by atoms with Crippen LogP contribution in [-0.4, -0.2) is 21.3 Å². The van der Waals surface area contributed by atoms with Gasteiger partial charge in [0, 0.05) is 5.02 Å². The summed E-state index contributed by atoms with van der Waals surface area (Å²) >= 11 is 5.90. The summed E-state index contributed by atoms with van der Waals surface area (Å²) in [5, 5.41) is 8.39. The molecule has 1 aromatic carbocycles. The molecule has 0 bridgehead atoms. The predicted octanol–water partition coefficient (Wildman–Crippen LogP) is 2.30. The van der Waals surface area contributed by atoms with E-state index in [1.165, 1.54) is 0 Å². The Morgan fingerprint density at radius 3 is 2.94 bits per heavy atom. The first-order chi connectivity index (χ1) is 7.76. The molecule has 1 aromatic heterocycles. The van der Waals surface area contributed by atoms with E-state index in [2.05, 4.69) is 10.3 Å². The maximum Gasteiger partial charge on any atom is 0.172 e. The van der Waals surface area contributed by atoms with Crippen LogP contribution in [0.15, 0.2) is 24.3 Å². The Hall–Kier alpha value is -1.68. The van der Waals surface area contributed by atoms with Crippen LogP contribution in [-0.2, 0) is 6.42 Å². The number of aromatic nitrogens is 3. The zero-order valence-electron chi connectivity index (χ0n) is 8.72. The molecule has 2 rings (SSSR count). The third-order valence-electron chi connectivity index (χ3n) is 2.29. The summed E-state index contributed by atoms with van der Waals surface area (Å²) in [4.78, 5) is 10.8. The Bertz CT molecular complexity index is 522. The summed E-state index contributed by atoms with van der Waals surface area (Å²) in [5.74, 6) is 0. The van der Waals surface area contributed by atoms with E-state index in [0.717, 1.165) is 11.4 Å². The van der Waals surface area contributed by atoms with Crippen LogP contribution in [0.5, 0.6) is 0 Å². The average Bonchev–Trinajstić information content (AvgIpc) is 2.71. The van der Waals surface area contributed by atoms with Gasteiger partial charge in [-0.3, -0.25) is 4.79 Å². The molecule has 0 N–H and O–H groups in total. The van der Waals surface area contributed by atoms with Crippen LogP contribution < -0.4 is 0 Å². The van der Waals surface area contributed by atoms with Gasteiger partial charge >= 0.3 is 0 Å². The van der Waals surface area contributed by atoms with E-state index < -0.39 is 0 Å². The Balaban J connectivity index is 2.55. The van der Waals surface area contributed by atoms with Crippen molar-refractivity contribution in [3.05, 3.63) is 40.7 Å². The van der Waals surface area contributed by atoms with Crippen LogP contribution in [0, 0.1) is 0 Å². The van der Waals surface area contributed by atoms with Crippen LogP contribution in [0.2, 0.25) is 5.02 Å². The van der Waals surface area contributed by atoms with Crippen molar-refractivity contribution < 1.29 is 4.79 Å². The van der Waals surface area contributed by atoms with Gasteiger partial charge in [-0.2, -0.15) is 0 Å². The molecule has 0 aliphatic heterocycles. The van der Waals surface area contributed by atoms with Crippen LogP contribution in [0.1, 0.15) is 23.1 Å². The molecule has 0 radical (unpaired) electrons. The lowest BCUT2D eigenvalue weighted by atomic mass is 10.2. The van der Waals surface area contributed by atoms with Crippen LogP contribution in [0.4, 0.5) is 0 Å². The summed E-state index contributed by atoms with van der Waals surface area (Å²) in [5.41, 5.74) is 1.98. The number of halogens is 1. The molecule has 0 aliphatic carbocycles. The number of carbonyl (C=O) groups excluding carboxylic acids is 1. The average molecular weight is 236 g/mol. The zero-order chi connectivity index (χ0) is 11.5. The lowest BCUT2D eigenvalue weighted by Gasteiger charge is -2.04. The highest BCUT2D eigenvalue weighted by Gasteiger charge is 2.11. The van der Waals surface area contributed by atoms with Gasteiger partial charge in [0.2, 0.25) is 0 Å². The highest BCUT2D eigenvalue weighted by atomic mass is 35.5. The van der Waals surface area contributed by atoms with Crippen molar-refractivity contribution in [2.75, 3.05) is 0 Å². The van der Waals surface area contributed by atoms with Gasteiger partial charge in [-0.25, -0.2) is 4.68 Å². The minimum absolute atomic E-state index is 0.377. The highest BCUT2D eigenvalue weighted by Crippen LogP contribution is 2.16. The second-order valence-corrected chi connectivity index (χ2v) is 3.72. The van der Waals surface area contributed by atoms with Crippen molar-refractivity contribution in [2.24, 2.45) is 0 Å². The van der Waals surface area contributed by atoms with Gasteiger partial charge in [0.1, 0.15) is 5.69 Å². The molecule has 0 fully saturated rings. The summed E-state index contributed by atoms with van der Waals surface area (Å²) in [6.45, 7) is 1.95. The molecule has 0 unspecified atom stereocenters. The van der Waals surface area contributed by atoms with Gasteiger partial charge in [-0.05, 0) is 24.6 Å². The molecule has 0 saturated heterocycles. The molecular formula is C11H10ClN3O. The normalized spacial score (nSPS) is 10.4. The van der Waals surface area contributed by atoms with E-state index >= 15 is 0 Å². The van der Waals surface area contributed by atoms with Gasteiger partial charge in [0.05, 0.1) is 11.4 Å². The highest BCUT2D eigenvalue weighted by molar-refractivity contribution is 6.30. The molecule has 0 spiro atoms. The Morgan fingerprint density at radius 2 is 2.31 bits per heavy atom. The van der Waals surface area contributed by atoms with Crippen molar-refractivity contribution in [3.8, 4) is 5.69 Å². The quantitative estimate of drug-likeness (QED) is 0.767. The van der Waals surface area contributed by atoms with Gasteiger partial charge < -0.3 is 0 Å². The summed E-state index contributed by atoms with van der Waals surface area (Å²) in [7, 11) is 0. The number of nitrogens with zero attached hydrogens (tertiary/aromatic N) is 3. The van der Waals surface area contributed by atoms with E-state index in [-0.39, 0.29) is 0 Å². The molecule has 1 heterocycles. The summed E-state index contributed by atoms with van der Waals surface area (Å²) in [6.07, 6.45) is 1.40. The largest absolute Gasteiger partial charge is 0.296 e. The van der Waals surface area contributed by atoms with Crippen molar-refractivity contribution in [1.29, 1.82) is 0 Å². The van der Waals surface area contributed by atoms with E-state index in [9.17, 15) is 4.79 Å². The van der Waals surface area contributed by atoms with E-state index in [1.807, 2.05) is 19.1 Å². The van der Waals surface area contributed by atoms with E-state index in [1.54, 1.807) is 16.8 Å². The molecule has 0 amide bonds. The Labute approximate surface area is 97.8 Å². The first kappa shape index (κ1) is 10.8. The first-order valence-corrected chi connectivity index (χ1v) is 5.29. The van der Waals surface area contributed by atoms with Crippen LogP contribution >= 0.6 is 11.6 Å². The number of hydrogen-bond acceptors (Lipinski definition) is 3. The van der Waals surface area contributed by atoms with Crippen LogP contribution in [0.3, 0.4) is 0 Å². The van der Waals surface area contributed by atoms with Crippen molar-refractivity contribution in [1.82, 2.24) is 15.0 Å². The molecule has 5 heteroatoms. The SMILES string of the molecule is CCc1c(C=O)nnn1-c1cccc(Cl)c1. The maximum absolute atomic E-state index is 10.8. The standard InChI is InChI=1S/C11H10ClN3O/c1-2-11-10(7-16)13-14-15(11)9-5-3-4-8(12)6-9/h3-7H,2H2,1H3. The van der Waals surface area contributed by atoms with E-state index in [0.29, 0.717) is 23.4 Å². The van der Waals surface area contributed by atoms with Crippen molar-refractivity contribution in [3.63, 3.8) is 0 Å². The second-order valence-electron chi connectivity index (χ2n) is 3.28. The zero-order valence-corrected chi connectivity index (χ0v) is 9.48. The van der Waals surface area contributed by atoms with Crippen molar-refractivity contribution in [2.45, 2.75) is 13.3 Å². The number of benzene rings is 1. The number of hydrogen-bond donors (Lipinski definition) is 0. The molecule has 4 nitrogen and oxygen atoms in total. The molecule has 0 saturated carbocycles. The lowest BCUT2D eigenvalue weighted by molar-refractivity contribution is 0.111. The molecule has 0 aliphatic rings. The smallest absolute Gasteiger partial charge is 0.172 e. The minimum atomic E-state index is 0.377. The minimum Gasteiger partial charge on any atom is -0.296 e. The molecule has 16 heavy (non-hydrogen) atoms. The molecule has 82 valence electrons. The first-order valence-electron chi connectivity index (χ1n) is 4.92. The monoisotopic (exact) mass is 235 g/mol. The van der Waals surface area contributed by atoms with Gasteiger partial charge in [0.25, 0.3) is 0 Å². The lowest BCUT2D eigenvalue weighted by Crippen LogP contribution is -2.02. The van der Waals surface area contributed by atoms with Crippen LogP contribution in [0.25, 0.3) is 5.69 Å². The molecule has 0 atom stereocenters. The van der Waals surface area contributed by atoms with E-state index in [4.69, 9.17) is 11.6 Å². The summed E-state index contributed by atoms with van der Waals surface area (Å²) in [6, 6.07) is 7.27. The second kappa shape index (κ2) is 4.45. The number of rotatable bonds is 3. The number of aldehydes is 1. The third kappa shape index (κ3) is 1.84. The number of carbonyl (C=O) groups is 1. The third-order valence-corrected chi connectivity index (χ3v) is 2.53. The maximum atomic E-state index is 10.8. The van der Waals surface area contributed by atoms with Crippen molar-refractivity contribution >= 4 is 17.9 Å².